The van der Waals surface area contributed by atoms with Crippen LogP contribution in [0, 0.1) is 0 Å². The van der Waals surface area contributed by atoms with Crippen LogP contribution in [0.15, 0.2) is 0 Å². The second-order valence-corrected chi connectivity index (χ2v) is 4.01. The number of hydrogen-bond donors (Lipinski definition) is 0. The molecule has 0 rings (SSSR count). The molecular weight excluding hydrogens is 136 g/mol. The third kappa shape index (κ3) is 4.21. The molecule has 0 aliphatic rings. The fourth-order valence-corrected chi connectivity index (χ4v) is 1.14. The maximum atomic E-state index is 10.4. The smallest absolute Gasteiger partial charge is 0.215 e. The summed E-state index contributed by atoms with van der Waals surface area (Å²) in [6.07, 6.45) is 1.76. The van der Waals surface area contributed by atoms with Crippen molar-refractivity contribution in [3.8, 4) is 0 Å². The summed E-state index contributed by atoms with van der Waals surface area (Å²) in [6, 6.07) is 0. The Balaban J connectivity index is 3.86. The van der Waals surface area contributed by atoms with Crippen LogP contribution in [-0.4, -0.2) is 16.1 Å². The lowest BCUT2D eigenvalue weighted by Crippen LogP contribution is -2.17. The van der Waals surface area contributed by atoms with Crippen molar-refractivity contribution in [2.24, 2.45) is 0 Å². The Hall–Kier alpha value is -0.310. The normalized spacial score (nSPS) is 11.0. The van der Waals surface area contributed by atoms with Crippen LogP contribution in [0.1, 0.15) is 20.8 Å². The molecule has 0 unspecified atom stereocenters. The van der Waals surface area contributed by atoms with E-state index in [0.717, 1.165) is 11.8 Å². The highest BCUT2D eigenvalue weighted by Gasteiger charge is 2.20. The van der Waals surface area contributed by atoms with E-state index in [0.29, 0.717) is 0 Å². The minimum Gasteiger partial charge on any atom is -0.289 e. The van der Waals surface area contributed by atoms with Crippen molar-refractivity contribution in [3.63, 3.8) is 0 Å². The summed E-state index contributed by atoms with van der Waals surface area (Å²) in [5, 5.41) is -0.0525. The molecule has 3 heteroatoms. The zero-order valence-corrected chi connectivity index (χ0v) is 6.54. The van der Waals surface area contributed by atoms with Crippen molar-refractivity contribution in [1.82, 2.24) is 0 Å². The Labute approximate surface area is 59.0 Å². The lowest BCUT2D eigenvalue weighted by molar-refractivity contribution is -0.109. The van der Waals surface area contributed by atoms with E-state index in [4.69, 9.17) is 0 Å². The highest BCUT2D eigenvalue weighted by atomic mass is 32.2. The van der Waals surface area contributed by atoms with E-state index >= 15 is 0 Å². The molecule has 0 saturated heterocycles. The van der Waals surface area contributed by atoms with Gasteiger partial charge >= 0.3 is 0 Å². The summed E-state index contributed by atoms with van der Waals surface area (Å²) < 4.78 is -0.675. The molecule has 0 saturated carbocycles. The fourth-order valence-electron chi connectivity index (χ4n) is 0.380. The van der Waals surface area contributed by atoms with E-state index in [1.165, 1.54) is 6.92 Å². The summed E-state index contributed by atoms with van der Waals surface area (Å²) in [5.41, 5.74) is 0. The average Bonchev–Trinajstić information content (AvgIpc) is 1.63. The van der Waals surface area contributed by atoms with Crippen molar-refractivity contribution in [3.05, 3.63) is 0 Å². The van der Waals surface area contributed by atoms with Crippen LogP contribution in [0.25, 0.3) is 0 Å². The Bertz CT molecular complexity index is 129. The zero-order valence-electron chi connectivity index (χ0n) is 5.72. The summed E-state index contributed by atoms with van der Waals surface area (Å²) in [6.45, 7) is 4.75. The monoisotopic (exact) mass is 145 g/mol. The van der Waals surface area contributed by atoms with Gasteiger partial charge in [-0.15, -0.1) is 0 Å². The predicted molar refractivity (Wildman–Crippen MR) is 38.0 cm³/mol. The first kappa shape index (κ1) is 8.69. The van der Waals surface area contributed by atoms with Gasteiger partial charge < -0.3 is 0 Å². The molecule has 0 spiro atoms. The lowest BCUT2D eigenvalue weighted by atomic mass is 10.2. The van der Waals surface area contributed by atoms with Gasteiger partial charge in [0.25, 0.3) is 0 Å². The zero-order chi connectivity index (χ0) is 7.49. The van der Waals surface area contributed by atoms with E-state index in [-0.39, 0.29) is 5.12 Å². The van der Waals surface area contributed by atoms with Crippen LogP contribution in [0.5, 0.6) is 0 Å². The van der Waals surface area contributed by atoms with Gasteiger partial charge in [0.1, 0.15) is 0 Å². The van der Waals surface area contributed by atoms with Crippen LogP contribution in [-0.2, 0) is 9.59 Å². The molecule has 2 nitrogen and oxygen atoms in total. The highest BCUT2D eigenvalue weighted by Crippen LogP contribution is 2.21. The minimum absolute atomic E-state index is 0.0525. The van der Waals surface area contributed by atoms with Crippen LogP contribution in [0.2, 0.25) is 0 Å². The van der Waals surface area contributed by atoms with Crippen LogP contribution >= 0.6 is 11.8 Å². The average molecular weight is 145 g/mol. The molecule has 0 aromatic rings. The van der Waals surface area contributed by atoms with Crippen molar-refractivity contribution in [2.75, 3.05) is 0 Å². The van der Waals surface area contributed by atoms with Crippen molar-refractivity contribution < 1.29 is 9.59 Å². The van der Waals surface area contributed by atoms with Gasteiger partial charge in [-0.3, -0.25) is 9.59 Å². The van der Waals surface area contributed by atoms with Crippen LogP contribution < -0.4 is 0 Å². The van der Waals surface area contributed by atoms with Gasteiger partial charge in [0.05, 0.1) is 4.75 Å². The first-order valence-electron chi connectivity index (χ1n) is 2.57. The van der Waals surface area contributed by atoms with Gasteiger partial charge in [-0.05, 0) is 13.8 Å². The molecule has 0 bridgehead atoms. The van der Waals surface area contributed by atoms with Gasteiger partial charge in [0, 0.05) is 6.92 Å². The van der Waals surface area contributed by atoms with Crippen molar-refractivity contribution in [1.29, 1.82) is 0 Å². The van der Waals surface area contributed by atoms with Crippen LogP contribution in [0.4, 0.5) is 0 Å². The number of hydrogen-bond acceptors (Lipinski definition) is 3. The molecule has 0 heterocycles. The summed E-state index contributed by atoms with van der Waals surface area (Å²) in [4.78, 5) is 20.5. The van der Waals surface area contributed by atoms with E-state index in [2.05, 4.69) is 0 Å². The molecule has 0 aliphatic heterocycles. The van der Waals surface area contributed by atoms with E-state index in [1.807, 2.05) is 0 Å². The molecule has 0 aromatic heterocycles. The summed E-state index contributed by atoms with van der Waals surface area (Å²) in [7, 11) is 0. The second kappa shape index (κ2) is 3.01. The lowest BCUT2D eigenvalue weighted by Gasteiger charge is -2.10. The molecule has 0 amide bonds. The topological polar surface area (TPSA) is 34.1 Å². The molecule has 0 N–H and O–H groups in total. The SMILES string of the molecule is CC(=O)SC(C)(C)[C]=O. The quantitative estimate of drug-likeness (QED) is 0.584. The first-order valence-corrected chi connectivity index (χ1v) is 3.38. The van der Waals surface area contributed by atoms with Gasteiger partial charge in [0.15, 0.2) is 5.12 Å². The fraction of sp³-hybridized carbons (Fsp3) is 0.667. The molecule has 0 atom stereocenters. The Morgan fingerprint density at radius 3 is 2.11 bits per heavy atom. The minimum atomic E-state index is -0.675. The number of carbonyl (C=O) groups excluding carboxylic acids is 2. The predicted octanol–water partition coefficient (Wildman–Crippen LogP) is 1.15. The Morgan fingerprint density at radius 2 is 2.00 bits per heavy atom. The van der Waals surface area contributed by atoms with E-state index in [9.17, 15) is 9.59 Å². The maximum Gasteiger partial charge on any atom is 0.215 e. The van der Waals surface area contributed by atoms with Crippen molar-refractivity contribution in [2.45, 2.75) is 25.5 Å². The summed E-state index contributed by atoms with van der Waals surface area (Å²) in [5.74, 6) is 0. The van der Waals surface area contributed by atoms with E-state index < -0.39 is 4.75 Å². The third-order valence-corrected chi connectivity index (χ3v) is 1.53. The van der Waals surface area contributed by atoms with Gasteiger partial charge in [-0.1, -0.05) is 11.8 Å². The van der Waals surface area contributed by atoms with E-state index in [1.54, 1.807) is 20.1 Å². The highest BCUT2D eigenvalue weighted by molar-refractivity contribution is 8.15. The van der Waals surface area contributed by atoms with Crippen molar-refractivity contribution >= 4 is 23.2 Å². The molecule has 1 radical (unpaired) electrons. The molecule has 0 aromatic carbocycles. The summed E-state index contributed by atoms with van der Waals surface area (Å²) >= 11 is 0.994. The number of carbonyl (C=O) groups is 1. The van der Waals surface area contributed by atoms with Crippen LogP contribution in [0.3, 0.4) is 0 Å². The largest absolute Gasteiger partial charge is 0.289 e. The standard InChI is InChI=1S/C6H9O2S/c1-5(8)9-6(2,3)4-7/h1-3H3. The molecule has 51 valence electrons. The molecule has 0 aliphatic carbocycles. The van der Waals surface area contributed by atoms with Gasteiger partial charge in [0.2, 0.25) is 6.29 Å². The first-order chi connectivity index (χ1) is 3.98. The van der Waals surface area contributed by atoms with Gasteiger partial charge in [-0.2, -0.15) is 0 Å². The Morgan fingerprint density at radius 1 is 1.56 bits per heavy atom. The molecular formula is C6H9O2S. The molecule has 0 fully saturated rings. The third-order valence-electron chi connectivity index (χ3n) is 0.645. The number of thioether (sulfide) groups is 1. The maximum absolute atomic E-state index is 10.4. The molecule has 9 heavy (non-hydrogen) atoms. The number of rotatable bonds is 2. The Kier molecular flexibility index (Phi) is 2.91. The van der Waals surface area contributed by atoms with Gasteiger partial charge in [-0.25, -0.2) is 0 Å². The second-order valence-electron chi connectivity index (χ2n) is 2.21.